The third-order valence-electron chi connectivity index (χ3n) is 6.70. The second-order valence-corrected chi connectivity index (χ2v) is 9.91. The van der Waals surface area contributed by atoms with Gasteiger partial charge in [0.2, 0.25) is 5.91 Å². The van der Waals surface area contributed by atoms with Crippen LogP contribution in [0.1, 0.15) is 29.1 Å². The summed E-state index contributed by atoms with van der Waals surface area (Å²) in [5.74, 6) is -0.577. The van der Waals surface area contributed by atoms with Gasteiger partial charge >= 0.3 is 0 Å². The first-order valence-electron chi connectivity index (χ1n) is 12.0. The van der Waals surface area contributed by atoms with Crippen LogP contribution in [0.4, 0.5) is 5.69 Å². The Hall–Kier alpha value is -3.61. The summed E-state index contributed by atoms with van der Waals surface area (Å²) in [7, 11) is 2.11. The fourth-order valence-corrected chi connectivity index (χ4v) is 4.47. The third-order valence-corrected chi connectivity index (χ3v) is 6.93. The predicted octanol–water partition coefficient (Wildman–Crippen LogP) is 2.75. The highest BCUT2D eigenvalue weighted by molar-refractivity contribution is 6.31. The summed E-state index contributed by atoms with van der Waals surface area (Å²) >= 11 is 6.03. The lowest BCUT2D eigenvalue weighted by molar-refractivity contribution is -0.123. The highest BCUT2D eigenvalue weighted by atomic mass is 35.5. The fourth-order valence-electron chi connectivity index (χ4n) is 4.28. The lowest BCUT2D eigenvalue weighted by Gasteiger charge is -2.33. The minimum absolute atomic E-state index is 0.0399. The number of hydrogen-bond acceptors (Lipinski definition) is 7. The van der Waals surface area contributed by atoms with Crippen LogP contribution < -0.4 is 15.5 Å². The second kappa shape index (κ2) is 9.80. The molecule has 3 aromatic rings. The number of rotatable bonds is 7. The maximum absolute atomic E-state index is 13.1. The third kappa shape index (κ3) is 5.30. The Kier molecular flexibility index (Phi) is 6.56. The largest absolute Gasteiger partial charge is 0.441 e. The van der Waals surface area contributed by atoms with Crippen molar-refractivity contribution < 1.29 is 14.0 Å². The number of hydrogen-bond donors (Lipinski definition) is 2. The number of anilines is 1. The van der Waals surface area contributed by atoms with Gasteiger partial charge in [0.1, 0.15) is 17.1 Å². The Morgan fingerprint density at radius 1 is 1.19 bits per heavy atom. The fraction of sp³-hybridized carbons (Fsp3) is 0.385. The number of nitrogens with one attached hydrogen (secondary N) is 2. The molecule has 1 atom stereocenters. The molecule has 1 saturated carbocycles. The number of carbonyl (C=O) groups excluding carboxylic acids is 2. The zero-order valence-corrected chi connectivity index (χ0v) is 20.7. The molecule has 0 unspecified atom stereocenters. The Morgan fingerprint density at radius 2 is 1.97 bits per heavy atom. The molecule has 1 aliphatic heterocycles. The normalized spacial score (nSPS) is 17.9. The number of carbonyl (C=O) groups is 2. The maximum atomic E-state index is 13.1. The summed E-state index contributed by atoms with van der Waals surface area (Å²) in [6.07, 6.45) is 1.21. The zero-order valence-electron chi connectivity index (χ0n) is 20.0. The summed E-state index contributed by atoms with van der Waals surface area (Å²) in [5, 5.41) is 15.4. The van der Waals surface area contributed by atoms with E-state index in [2.05, 4.69) is 38.5 Å². The molecule has 0 spiro atoms. The first-order valence-corrected chi connectivity index (χ1v) is 12.3. The number of nitrogens with zero attached hydrogens (tertiary/aromatic N) is 4. The van der Waals surface area contributed by atoms with Crippen LogP contribution in [0.5, 0.6) is 0 Å². The molecule has 10 heteroatoms. The molecule has 1 aromatic heterocycles. The highest BCUT2D eigenvalue weighted by Gasteiger charge is 2.46. The van der Waals surface area contributed by atoms with E-state index < -0.39 is 23.4 Å². The van der Waals surface area contributed by atoms with Crippen molar-refractivity contribution in [1.29, 1.82) is 5.26 Å². The molecule has 2 amide bonds. The van der Waals surface area contributed by atoms with Gasteiger partial charge in [-0.3, -0.25) is 9.59 Å². The smallest absolute Gasteiger partial charge is 0.251 e. The molecule has 186 valence electrons. The minimum atomic E-state index is -0.979. The first kappa shape index (κ1) is 24.1. The quantitative estimate of drug-likeness (QED) is 0.506. The van der Waals surface area contributed by atoms with Crippen molar-refractivity contribution in [3.8, 4) is 6.07 Å². The van der Waals surface area contributed by atoms with Crippen molar-refractivity contribution in [2.75, 3.05) is 38.1 Å². The van der Waals surface area contributed by atoms with E-state index in [0.717, 1.165) is 31.9 Å². The van der Waals surface area contributed by atoms with Gasteiger partial charge < -0.3 is 24.9 Å². The molecule has 1 saturated heterocycles. The molecule has 9 nitrogen and oxygen atoms in total. The molecule has 2 heterocycles. The van der Waals surface area contributed by atoms with Gasteiger partial charge in [0, 0.05) is 48.5 Å². The molecule has 1 aliphatic carbocycles. The topological polar surface area (TPSA) is 114 Å². The van der Waals surface area contributed by atoms with E-state index >= 15 is 0 Å². The van der Waals surface area contributed by atoms with E-state index in [1.54, 1.807) is 18.2 Å². The van der Waals surface area contributed by atoms with Crippen LogP contribution >= 0.6 is 11.6 Å². The Balaban J connectivity index is 1.36. The summed E-state index contributed by atoms with van der Waals surface area (Å²) in [6.45, 7) is 3.85. The van der Waals surface area contributed by atoms with Gasteiger partial charge in [0.25, 0.3) is 5.91 Å². The number of piperazine rings is 1. The second-order valence-electron chi connectivity index (χ2n) is 9.47. The molecule has 2 aromatic carbocycles. The molecule has 0 bridgehead atoms. The minimum Gasteiger partial charge on any atom is -0.441 e. The number of fused-ring (bicyclic) bond motifs is 1. The van der Waals surface area contributed by atoms with E-state index in [-0.39, 0.29) is 6.42 Å². The monoisotopic (exact) mass is 506 g/mol. The highest BCUT2D eigenvalue weighted by Crippen LogP contribution is 2.34. The summed E-state index contributed by atoms with van der Waals surface area (Å²) in [6, 6.07) is 13.5. The van der Waals surface area contributed by atoms with E-state index in [4.69, 9.17) is 16.0 Å². The van der Waals surface area contributed by atoms with Crippen molar-refractivity contribution in [3.05, 3.63) is 58.9 Å². The van der Waals surface area contributed by atoms with Crippen LogP contribution in [0.15, 0.2) is 46.9 Å². The molecule has 0 radical (unpaired) electrons. The number of amides is 2. The molecule has 2 fully saturated rings. The number of halogens is 1. The Bertz CT molecular complexity index is 1340. The zero-order chi connectivity index (χ0) is 25.3. The number of oxazole rings is 1. The molecule has 36 heavy (non-hydrogen) atoms. The van der Waals surface area contributed by atoms with Gasteiger partial charge in [-0.1, -0.05) is 17.7 Å². The van der Waals surface area contributed by atoms with E-state index in [1.165, 1.54) is 6.07 Å². The summed E-state index contributed by atoms with van der Waals surface area (Å²) in [5.41, 5.74) is 1.83. The van der Waals surface area contributed by atoms with Crippen molar-refractivity contribution in [2.24, 2.45) is 0 Å². The summed E-state index contributed by atoms with van der Waals surface area (Å²) < 4.78 is 6.01. The number of benzene rings is 2. The average molecular weight is 507 g/mol. The van der Waals surface area contributed by atoms with Gasteiger partial charge in [0.15, 0.2) is 11.5 Å². The van der Waals surface area contributed by atoms with Crippen LogP contribution in [-0.4, -0.2) is 66.5 Å². The van der Waals surface area contributed by atoms with Crippen LogP contribution in [0.2, 0.25) is 5.02 Å². The molecular formula is C26H27ClN6O3. The van der Waals surface area contributed by atoms with Crippen molar-refractivity contribution in [3.63, 3.8) is 0 Å². The van der Waals surface area contributed by atoms with Crippen LogP contribution in [-0.2, 0) is 11.2 Å². The molecule has 2 N–H and O–H groups in total. The lowest BCUT2D eigenvalue weighted by Crippen LogP contribution is -2.51. The van der Waals surface area contributed by atoms with Crippen LogP contribution in [0, 0.1) is 11.3 Å². The van der Waals surface area contributed by atoms with Gasteiger partial charge in [-0.05, 0) is 50.2 Å². The average Bonchev–Trinajstić information content (AvgIpc) is 3.53. The van der Waals surface area contributed by atoms with Crippen molar-refractivity contribution in [1.82, 2.24) is 20.5 Å². The maximum Gasteiger partial charge on any atom is 0.251 e. The van der Waals surface area contributed by atoms with E-state index in [1.807, 2.05) is 18.2 Å². The standard InChI is InChI=1S/C26H27ClN6O3/c1-32-9-11-33(12-10-32)19-5-6-20-22(14-19)36-23(29-20)15-21(25(35)31-26(16-28)7-8-26)30-24(34)17-3-2-4-18(27)13-17/h2-6,13-14,21H,7-12,15H2,1H3,(H,30,34)(H,31,35)/t21-/m0/s1. The van der Waals surface area contributed by atoms with Gasteiger partial charge in [0.05, 0.1) is 12.5 Å². The van der Waals surface area contributed by atoms with Gasteiger partial charge in [-0.2, -0.15) is 5.26 Å². The van der Waals surface area contributed by atoms with Crippen molar-refractivity contribution >= 4 is 40.2 Å². The number of aromatic nitrogens is 1. The molecule has 2 aliphatic rings. The first-order chi connectivity index (χ1) is 17.3. The van der Waals surface area contributed by atoms with Gasteiger partial charge in [-0.15, -0.1) is 0 Å². The van der Waals surface area contributed by atoms with E-state index in [0.29, 0.717) is 40.4 Å². The van der Waals surface area contributed by atoms with Crippen LogP contribution in [0.25, 0.3) is 11.1 Å². The Labute approximate surface area is 214 Å². The predicted molar refractivity (Wildman–Crippen MR) is 136 cm³/mol. The van der Waals surface area contributed by atoms with E-state index in [9.17, 15) is 14.9 Å². The van der Waals surface area contributed by atoms with Crippen LogP contribution in [0.3, 0.4) is 0 Å². The molecular weight excluding hydrogens is 480 g/mol. The Morgan fingerprint density at radius 3 is 2.67 bits per heavy atom. The number of nitriles is 1. The molecule has 5 rings (SSSR count). The van der Waals surface area contributed by atoms with Crippen molar-refractivity contribution in [2.45, 2.75) is 30.8 Å². The lowest BCUT2D eigenvalue weighted by atomic mass is 10.1. The SMILES string of the molecule is CN1CCN(c2ccc3nc(C[C@H](NC(=O)c4cccc(Cl)c4)C(=O)NC4(C#N)CC4)oc3c2)CC1. The van der Waals surface area contributed by atoms with Gasteiger partial charge in [-0.25, -0.2) is 4.98 Å². The number of likely N-dealkylation sites (N-methyl/N-ethyl adjacent to an activating group) is 1. The summed E-state index contributed by atoms with van der Waals surface area (Å²) in [4.78, 5) is 35.2.